The van der Waals surface area contributed by atoms with Gasteiger partial charge in [0.1, 0.15) is 13.3 Å². The van der Waals surface area contributed by atoms with Gasteiger partial charge in [0.05, 0.1) is 7.11 Å². The first-order valence-corrected chi connectivity index (χ1v) is 4.81. The average molecular weight is 213 g/mol. The van der Waals surface area contributed by atoms with E-state index in [0.717, 1.165) is 5.56 Å². The Labute approximate surface area is 89.0 Å². The lowest BCUT2D eigenvalue weighted by Crippen LogP contribution is -2.06. The van der Waals surface area contributed by atoms with Crippen molar-refractivity contribution < 1.29 is 13.9 Å². The summed E-state index contributed by atoms with van der Waals surface area (Å²) < 4.78 is 22.2. The monoisotopic (exact) mass is 213 g/mol. The van der Waals surface area contributed by atoms with Gasteiger partial charge in [-0.25, -0.2) is 4.39 Å². The maximum atomic E-state index is 11.9. The molecule has 0 heterocycles. The zero-order chi connectivity index (χ0) is 11.3. The number of hydrogen-bond donors (Lipinski definition) is 1. The Morgan fingerprint density at radius 3 is 2.67 bits per heavy atom. The van der Waals surface area contributed by atoms with Gasteiger partial charge < -0.3 is 15.2 Å². The van der Waals surface area contributed by atoms with Crippen LogP contribution in [0.4, 0.5) is 4.39 Å². The first-order chi connectivity index (χ1) is 7.19. The van der Waals surface area contributed by atoms with E-state index in [1.54, 1.807) is 19.2 Å². The van der Waals surface area contributed by atoms with Gasteiger partial charge >= 0.3 is 0 Å². The van der Waals surface area contributed by atoms with E-state index < -0.39 is 6.67 Å². The highest BCUT2D eigenvalue weighted by Crippen LogP contribution is 2.29. The smallest absolute Gasteiger partial charge is 0.161 e. The Morgan fingerprint density at radius 1 is 1.40 bits per heavy atom. The third kappa shape index (κ3) is 3.09. The summed E-state index contributed by atoms with van der Waals surface area (Å²) in [4.78, 5) is 0. The second-order valence-electron chi connectivity index (χ2n) is 3.24. The van der Waals surface area contributed by atoms with Gasteiger partial charge in [-0.15, -0.1) is 0 Å². The molecule has 0 aromatic heterocycles. The van der Waals surface area contributed by atoms with E-state index in [9.17, 15) is 4.39 Å². The fourth-order valence-electron chi connectivity index (χ4n) is 1.24. The van der Waals surface area contributed by atoms with Crippen molar-refractivity contribution in [2.75, 3.05) is 20.4 Å². The van der Waals surface area contributed by atoms with Gasteiger partial charge in [0.2, 0.25) is 0 Å². The molecule has 0 saturated carbocycles. The molecule has 4 heteroatoms. The van der Waals surface area contributed by atoms with E-state index in [-0.39, 0.29) is 12.6 Å². The highest BCUT2D eigenvalue weighted by molar-refractivity contribution is 5.43. The van der Waals surface area contributed by atoms with Crippen LogP contribution in [0.3, 0.4) is 0 Å². The molecule has 1 aromatic carbocycles. The molecule has 0 bridgehead atoms. The van der Waals surface area contributed by atoms with E-state index in [1.807, 2.05) is 13.0 Å². The number of benzene rings is 1. The lowest BCUT2D eigenvalue weighted by Gasteiger charge is -2.12. The molecule has 0 aliphatic heterocycles. The molecule has 0 saturated heterocycles. The van der Waals surface area contributed by atoms with Crippen molar-refractivity contribution in [2.45, 2.75) is 13.0 Å². The largest absolute Gasteiger partial charge is 0.493 e. The number of rotatable bonds is 5. The number of halogens is 1. The molecule has 3 nitrogen and oxygen atoms in total. The first-order valence-electron chi connectivity index (χ1n) is 4.81. The van der Waals surface area contributed by atoms with E-state index in [1.165, 1.54) is 0 Å². The molecule has 2 N–H and O–H groups in total. The van der Waals surface area contributed by atoms with Gasteiger partial charge in [-0.3, -0.25) is 0 Å². The van der Waals surface area contributed by atoms with Crippen molar-refractivity contribution in [3.63, 3.8) is 0 Å². The van der Waals surface area contributed by atoms with Crippen molar-refractivity contribution in [2.24, 2.45) is 5.73 Å². The highest BCUT2D eigenvalue weighted by Gasteiger charge is 2.07. The maximum Gasteiger partial charge on any atom is 0.161 e. The second kappa shape index (κ2) is 5.56. The van der Waals surface area contributed by atoms with Crippen LogP contribution in [0.25, 0.3) is 0 Å². The Bertz CT molecular complexity index is 315. The molecule has 0 fully saturated rings. The van der Waals surface area contributed by atoms with E-state index in [2.05, 4.69) is 0 Å². The summed E-state index contributed by atoms with van der Waals surface area (Å²) >= 11 is 0. The molecule has 0 spiro atoms. The minimum Gasteiger partial charge on any atom is -0.493 e. The normalized spacial score (nSPS) is 12.3. The summed E-state index contributed by atoms with van der Waals surface area (Å²) in [6, 6.07) is 5.33. The molecule has 1 aromatic rings. The van der Waals surface area contributed by atoms with E-state index in [4.69, 9.17) is 15.2 Å². The third-order valence-electron chi connectivity index (χ3n) is 2.05. The number of methoxy groups -OCH3 is 1. The summed E-state index contributed by atoms with van der Waals surface area (Å²) in [5.74, 6) is 1.12. The van der Waals surface area contributed by atoms with Crippen molar-refractivity contribution in [3.05, 3.63) is 23.8 Å². The van der Waals surface area contributed by atoms with Crippen LogP contribution in [0.1, 0.15) is 18.5 Å². The lowest BCUT2D eigenvalue weighted by atomic mass is 10.1. The van der Waals surface area contributed by atoms with Crippen molar-refractivity contribution in [1.29, 1.82) is 0 Å². The quantitative estimate of drug-likeness (QED) is 0.814. The molecule has 0 radical (unpaired) electrons. The molecule has 0 aliphatic carbocycles. The molecule has 1 unspecified atom stereocenters. The van der Waals surface area contributed by atoms with Gasteiger partial charge in [0.25, 0.3) is 0 Å². The molecule has 15 heavy (non-hydrogen) atoms. The maximum absolute atomic E-state index is 11.9. The Morgan fingerprint density at radius 2 is 2.13 bits per heavy atom. The highest BCUT2D eigenvalue weighted by atomic mass is 19.1. The summed E-state index contributed by atoms with van der Waals surface area (Å²) in [5.41, 5.74) is 6.69. The first kappa shape index (κ1) is 11.8. The topological polar surface area (TPSA) is 44.5 Å². The molecule has 84 valence electrons. The van der Waals surface area contributed by atoms with Crippen LogP contribution in [0, 0.1) is 0 Å². The fourth-order valence-corrected chi connectivity index (χ4v) is 1.24. The van der Waals surface area contributed by atoms with E-state index >= 15 is 0 Å². The predicted molar refractivity (Wildman–Crippen MR) is 57.1 cm³/mol. The lowest BCUT2D eigenvalue weighted by molar-refractivity contribution is 0.260. The van der Waals surface area contributed by atoms with Gasteiger partial charge in [0, 0.05) is 6.04 Å². The zero-order valence-corrected chi connectivity index (χ0v) is 9.00. The Hall–Kier alpha value is -1.29. The van der Waals surface area contributed by atoms with Crippen molar-refractivity contribution in [3.8, 4) is 11.5 Å². The van der Waals surface area contributed by atoms with Gasteiger partial charge in [0.15, 0.2) is 11.5 Å². The molecule has 1 atom stereocenters. The average Bonchev–Trinajstić information content (AvgIpc) is 2.25. The number of nitrogens with two attached hydrogens (primary N) is 1. The minimum atomic E-state index is -0.516. The standard InChI is InChI=1S/C11H16FNO2/c1-8(13)9-3-4-10(15-6-5-12)11(7-9)14-2/h3-4,7-8H,5-6,13H2,1-2H3. The van der Waals surface area contributed by atoms with Crippen molar-refractivity contribution in [1.82, 2.24) is 0 Å². The van der Waals surface area contributed by atoms with Crippen LogP contribution in [-0.2, 0) is 0 Å². The summed E-state index contributed by atoms with van der Waals surface area (Å²) in [6.07, 6.45) is 0. The van der Waals surface area contributed by atoms with Gasteiger partial charge in [-0.2, -0.15) is 0 Å². The zero-order valence-electron chi connectivity index (χ0n) is 9.00. The van der Waals surface area contributed by atoms with Gasteiger partial charge in [-0.1, -0.05) is 6.07 Å². The second-order valence-corrected chi connectivity index (χ2v) is 3.24. The van der Waals surface area contributed by atoms with Crippen LogP contribution < -0.4 is 15.2 Å². The Balaban J connectivity index is 2.88. The molecule has 0 aliphatic rings. The fraction of sp³-hybridized carbons (Fsp3) is 0.455. The van der Waals surface area contributed by atoms with Crippen LogP contribution >= 0.6 is 0 Å². The SMILES string of the molecule is COc1cc(C(C)N)ccc1OCCF. The molecular weight excluding hydrogens is 197 g/mol. The van der Waals surface area contributed by atoms with Gasteiger partial charge in [-0.05, 0) is 24.6 Å². The molecule has 0 amide bonds. The van der Waals surface area contributed by atoms with Crippen LogP contribution in [-0.4, -0.2) is 20.4 Å². The number of alkyl halides is 1. The van der Waals surface area contributed by atoms with Crippen LogP contribution in [0.2, 0.25) is 0 Å². The third-order valence-corrected chi connectivity index (χ3v) is 2.05. The van der Waals surface area contributed by atoms with Crippen molar-refractivity contribution >= 4 is 0 Å². The number of hydrogen-bond acceptors (Lipinski definition) is 3. The Kier molecular flexibility index (Phi) is 4.37. The summed E-state index contributed by atoms with van der Waals surface area (Å²) in [7, 11) is 1.54. The van der Waals surface area contributed by atoms with E-state index in [0.29, 0.717) is 11.5 Å². The predicted octanol–water partition coefficient (Wildman–Crippen LogP) is 2.06. The molecule has 1 rings (SSSR count). The number of ether oxygens (including phenoxy) is 2. The van der Waals surface area contributed by atoms with Crippen LogP contribution in [0.5, 0.6) is 11.5 Å². The summed E-state index contributed by atoms with van der Waals surface area (Å²) in [6.45, 7) is 1.41. The summed E-state index contributed by atoms with van der Waals surface area (Å²) in [5, 5.41) is 0. The van der Waals surface area contributed by atoms with Crippen LogP contribution in [0.15, 0.2) is 18.2 Å². The molecular formula is C11H16FNO2. The minimum absolute atomic E-state index is 0.0356.